The number of carbonyl (C=O) groups is 3. The summed E-state index contributed by atoms with van der Waals surface area (Å²) in [6.45, 7) is 5.33. The van der Waals surface area contributed by atoms with Gasteiger partial charge in [0.2, 0.25) is 0 Å². The molecule has 0 bridgehead atoms. The molecule has 26 heavy (non-hydrogen) atoms. The number of imide groups is 1. The van der Waals surface area contributed by atoms with Crippen LogP contribution in [0.5, 0.6) is 0 Å². The molecule has 2 aromatic rings. The van der Waals surface area contributed by atoms with Crippen molar-refractivity contribution in [2.45, 2.75) is 39.3 Å². The predicted molar refractivity (Wildman–Crippen MR) is 89.3 cm³/mol. The van der Waals surface area contributed by atoms with Crippen LogP contribution in [0.15, 0.2) is 24.3 Å². The van der Waals surface area contributed by atoms with Gasteiger partial charge in [0.25, 0.3) is 11.8 Å². The first-order valence-corrected chi connectivity index (χ1v) is 8.30. The smallest absolute Gasteiger partial charge is 0.328 e. The highest BCUT2D eigenvalue weighted by Crippen LogP contribution is 2.34. The number of amides is 2. The third kappa shape index (κ3) is 2.85. The van der Waals surface area contributed by atoms with Gasteiger partial charge in [0.1, 0.15) is 6.04 Å². The van der Waals surface area contributed by atoms with Crippen molar-refractivity contribution in [2.75, 3.05) is 0 Å². The molecule has 1 aromatic carbocycles. The minimum Gasteiger partial charge on any atom is -0.480 e. The molecule has 1 N–H and O–H groups in total. The second-order valence-electron chi connectivity index (χ2n) is 6.67. The summed E-state index contributed by atoms with van der Waals surface area (Å²) in [7, 11) is 0. The number of aliphatic carboxylic acids is 1. The number of carbonyl (C=O) groups excluding carboxylic acids is 2. The Hall–Kier alpha value is -3.10. The Morgan fingerprint density at radius 2 is 1.69 bits per heavy atom. The SMILES string of the molecule is CC(C)CC(c1nnnn1C(C)C(=O)O)N1C(=O)c2ccccc2C1=O. The highest BCUT2D eigenvalue weighted by atomic mass is 16.4. The lowest BCUT2D eigenvalue weighted by Gasteiger charge is -2.27. The van der Waals surface area contributed by atoms with E-state index in [0.717, 1.165) is 9.58 Å². The lowest BCUT2D eigenvalue weighted by molar-refractivity contribution is -0.140. The summed E-state index contributed by atoms with van der Waals surface area (Å²) in [6, 6.07) is 4.82. The van der Waals surface area contributed by atoms with Crippen LogP contribution >= 0.6 is 0 Å². The van der Waals surface area contributed by atoms with Crippen molar-refractivity contribution < 1.29 is 19.5 Å². The van der Waals surface area contributed by atoms with Gasteiger partial charge < -0.3 is 5.11 Å². The van der Waals surface area contributed by atoms with Crippen LogP contribution in [-0.4, -0.2) is 48.0 Å². The maximum Gasteiger partial charge on any atom is 0.328 e. The summed E-state index contributed by atoms with van der Waals surface area (Å²) >= 11 is 0. The fourth-order valence-electron chi connectivity index (χ4n) is 3.06. The molecule has 3 rings (SSSR count). The average Bonchev–Trinajstić information content (AvgIpc) is 3.17. The Bertz CT molecular complexity index is 841. The minimum atomic E-state index is -1.11. The highest BCUT2D eigenvalue weighted by molar-refractivity contribution is 6.21. The minimum absolute atomic E-state index is 0.120. The second-order valence-corrected chi connectivity index (χ2v) is 6.67. The summed E-state index contributed by atoms with van der Waals surface area (Å²) in [6.07, 6.45) is 0.415. The standard InChI is InChI=1S/C17H19N5O4/c1-9(2)8-13(14-18-19-20-22(14)10(3)17(25)26)21-15(23)11-6-4-5-7-12(11)16(21)24/h4-7,9-10,13H,8H2,1-3H3,(H,25,26). The molecule has 0 spiro atoms. The van der Waals surface area contributed by atoms with Crippen molar-refractivity contribution in [1.82, 2.24) is 25.1 Å². The Morgan fingerprint density at radius 1 is 1.12 bits per heavy atom. The van der Waals surface area contributed by atoms with Crippen LogP contribution in [0.3, 0.4) is 0 Å². The van der Waals surface area contributed by atoms with Crippen LogP contribution in [0, 0.1) is 5.92 Å². The molecule has 9 nitrogen and oxygen atoms in total. The number of tetrazole rings is 1. The first-order chi connectivity index (χ1) is 12.3. The number of fused-ring (bicyclic) bond motifs is 1. The normalized spacial score (nSPS) is 16.1. The lowest BCUT2D eigenvalue weighted by Crippen LogP contribution is -2.37. The van der Waals surface area contributed by atoms with Crippen LogP contribution in [0.25, 0.3) is 0 Å². The zero-order valence-corrected chi connectivity index (χ0v) is 14.7. The molecule has 2 amide bonds. The summed E-state index contributed by atoms with van der Waals surface area (Å²) in [5, 5.41) is 20.6. The number of carboxylic acid groups (broad SMARTS) is 1. The molecule has 0 saturated heterocycles. The van der Waals surface area contributed by atoms with Crippen molar-refractivity contribution in [3.63, 3.8) is 0 Å². The summed E-state index contributed by atoms with van der Waals surface area (Å²) in [5.74, 6) is -1.65. The molecule has 136 valence electrons. The van der Waals surface area contributed by atoms with E-state index < -0.39 is 29.9 Å². The Kier molecular flexibility index (Phi) is 4.54. The number of carboxylic acids is 1. The van der Waals surface area contributed by atoms with E-state index in [9.17, 15) is 19.5 Å². The molecule has 1 aromatic heterocycles. The Morgan fingerprint density at radius 3 is 2.19 bits per heavy atom. The van der Waals surface area contributed by atoms with Gasteiger partial charge in [-0.2, -0.15) is 0 Å². The summed E-state index contributed by atoms with van der Waals surface area (Å²) in [4.78, 5) is 38.2. The van der Waals surface area contributed by atoms with Crippen molar-refractivity contribution in [3.05, 3.63) is 41.2 Å². The lowest BCUT2D eigenvalue weighted by atomic mass is 10.0. The van der Waals surface area contributed by atoms with Crippen LogP contribution < -0.4 is 0 Å². The number of rotatable bonds is 6. The third-order valence-electron chi connectivity index (χ3n) is 4.37. The fraction of sp³-hybridized carbons (Fsp3) is 0.412. The van der Waals surface area contributed by atoms with Crippen LogP contribution in [0.2, 0.25) is 0 Å². The second kappa shape index (κ2) is 6.66. The molecule has 2 atom stereocenters. The van der Waals surface area contributed by atoms with Gasteiger partial charge >= 0.3 is 5.97 Å². The topological polar surface area (TPSA) is 118 Å². The van der Waals surface area contributed by atoms with Gasteiger partial charge in [0, 0.05) is 0 Å². The van der Waals surface area contributed by atoms with Gasteiger partial charge in [-0.1, -0.05) is 26.0 Å². The molecule has 0 saturated carbocycles. The molecule has 0 fully saturated rings. The molecule has 2 unspecified atom stereocenters. The van der Waals surface area contributed by atoms with E-state index in [4.69, 9.17) is 0 Å². The Balaban J connectivity index is 2.07. The van der Waals surface area contributed by atoms with E-state index in [0.29, 0.717) is 17.5 Å². The van der Waals surface area contributed by atoms with Gasteiger partial charge in [-0.15, -0.1) is 5.10 Å². The number of benzene rings is 1. The molecule has 0 radical (unpaired) electrons. The van der Waals surface area contributed by atoms with Gasteiger partial charge in [-0.05, 0) is 41.8 Å². The van der Waals surface area contributed by atoms with E-state index in [2.05, 4.69) is 15.5 Å². The largest absolute Gasteiger partial charge is 0.480 e. The van der Waals surface area contributed by atoms with E-state index in [1.54, 1.807) is 24.3 Å². The van der Waals surface area contributed by atoms with Crippen molar-refractivity contribution >= 4 is 17.8 Å². The van der Waals surface area contributed by atoms with Crippen molar-refractivity contribution in [2.24, 2.45) is 5.92 Å². The third-order valence-corrected chi connectivity index (χ3v) is 4.37. The maximum atomic E-state index is 12.9. The fourth-order valence-corrected chi connectivity index (χ4v) is 3.06. The number of hydrogen-bond donors (Lipinski definition) is 1. The maximum absolute atomic E-state index is 12.9. The molecular formula is C17H19N5O4. The number of hydrogen-bond acceptors (Lipinski definition) is 6. The first kappa shape index (κ1) is 17.7. The monoisotopic (exact) mass is 357 g/mol. The predicted octanol–water partition coefficient (Wildman–Crippen LogP) is 1.70. The van der Waals surface area contributed by atoms with E-state index >= 15 is 0 Å². The van der Waals surface area contributed by atoms with Crippen LogP contribution in [-0.2, 0) is 4.79 Å². The zero-order chi connectivity index (χ0) is 19.0. The molecular weight excluding hydrogens is 338 g/mol. The van der Waals surface area contributed by atoms with Crippen molar-refractivity contribution in [1.29, 1.82) is 0 Å². The summed E-state index contributed by atoms with van der Waals surface area (Å²) in [5.41, 5.74) is 0.660. The quantitative estimate of drug-likeness (QED) is 0.782. The van der Waals surface area contributed by atoms with Gasteiger partial charge in [-0.25, -0.2) is 9.48 Å². The number of aromatic nitrogens is 4. The molecule has 1 aliphatic heterocycles. The van der Waals surface area contributed by atoms with E-state index in [1.165, 1.54) is 6.92 Å². The van der Waals surface area contributed by atoms with Crippen LogP contribution in [0.4, 0.5) is 0 Å². The zero-order valence-electron chi connectivity index (χ0n) is 14.7. The van der Waals surface area contributed by atoms with Gasteiger partial charge in [0.05, 0.1) is 11.1 Å². The summed E-state index contributed by atoms with van der Waals surface area (Å²) < 4.78 is 1.15. The van der Waals surface area contributed by atoms with E-state index in [-0.39, 0.29) is 11.7 Å². The average molecular weight is 357 g/mol. The van der Waals surface area contributed by atoms with Crippen LogP contribution in [0.1, 0.15) is 65.8 Å². The molecule has 1 aliphatic rings. The van der Waals surface area contributed by atoms with E-state index in [1.807, 2.05) is 13.8 Å². The Labute approximate surface area is 149 Å². The molecule has 9 heteroatoms. The molecule has 0 aliphatic carbocycles. The molecule has 2 heterocycles. The van der Waals surface area contributed by atoms with Crippen molar-refractivity contribution in [3.8, 4) is 0 Å². The highest BCUT2D eigenvalue weighted by Gasteiger charge is 2.43. The van der Waals surface area contributed by atoms with Gasteiger partial charge in [-0.3, -0.25) is 14.5 Å². The number of nitrogens with zero attached hydrogens (tertiary/aromatic N) is 5. The first-order valence-electron chi connectivity index (χ1n) is 8.30. The van der Waals surface area contributed by atoms with Gasteiger partial charge in [0.15, 0.2) is 11.9 Å².